The molecule has 156 valence electrons. The van der Waals surface area contributed by atoms with E-state index < -0.39 is 0 Å². The summed E-state index contributed by atoms with van der Waals surface area (Å²) in [6, 6.07) is 20.8. The maximum Gasteiger partial charge on any atom is 2.00 e. The summed E-state index contributed by atoms with van der Waals surface area (Å²) in [6.07, 6.45) is 14.3. The molecule has 29 heavy (non-hydrogen) atoms. The van der Waals surface area contributed by atoms with Gasteiger partial charge in [-0.1, -0.05) is 100 Å². The smallest absolute Gasteiger partial charge is 0.293 e. The maximum absolute atomic E-state index is 5.44. The summed E-state index contributed by atoms with van der Waals surface area (Å²) in [6.45, 7) is 15.3. The van der Waals surface area contributed by atoms with Gasteiger partial charge in [0.05, 0.1) is 0 Å². The third-order valence-corrected chi connectivity index (χ3v) is 4.48. The molecule has 0 aliphatic rings. The van der Waals surface area contributed by atoms with Gasteiger partial charge in [0.2, 0.25) is 0 Å². The van der Waals surface area contributed by atoms with Crippen LogP contribution in [0.5, 0.6) is 0 Å². The third-order valence-electron chi connectivity index (χ3n) is 4.48. The van der Waals surface area contributed by atoms with Gasteiger partial charge in [0.25, 0.3) is 0 Å². The molecule has 0 atom stereocenters. The van der Waals surface area contributed by atoms with Gasteiger partial charge in [0.15, 0.2) is 0 Å². The zero-order valence-corrected chi connectivity index (χ0v) is 20.1. The molecule has 0 aliphatic carbocycles. The summed E-state index contributed by atoms with van der Waals surface area (Å²) < 4.78 is 0. The summed E-state index contributed by atoms with van der Waals surface area (Å²) in [5.74, 6) is 0. The van der Waals surface area contributed by atoms with Crippen LogP contribution in [0.3, 0.4) is 0 Å². The number of hydrogen-bond donors (Lipinski definition) is 0. The van der Waals surface area contributed by atoms with Crippen molar-refractivity contribution < 1.29 is 21.1 Å². The molecule has 0 nitrogen and oxygen atoms in total. The van der Waals surface area contributed by atoms with Crippen molar-refractivity contribution in [2.75, 3.05) is 0 Å². The van der Waals surface area contributed by atoms with E-state index in [1.165, 1.54) is 48.0 Å². The second-order valence-corrected chi connectivity index (χ2v) is 6.71. The molecule has 0 spiro atoms. The van der Waals surface area contributed by atoms with Crippen molar-refractivity contribution in [1.29, 1.82) is 0 Å². The van der Waals surface area contributed by atoms with Gasteiger partial charge in [0, 0.05) is 0 Å². The van der Waals surface area contributed by atoms with Crippen LogP contribution in [0.4, 0.5) is 0 Å². The van der Waals surface area contributed by atoms with Gasteiger partial charge in [-0.15, -0.1) is 11.1 Å². The van der Waals surface area contributed by atoms with Crippen LogP contribution in [0.2, 0.25) is 0 Å². The third kappa shape index (κ3) is 11.6. The predicted molar refractivity (Wildman–Crippen MR) is 126 cm³/mol. The van der Waals surface area contributed by atoms with Crippen LogP contribution in [0.15, 0.2) is 85.0 Å². The van der Waals surface area contributed by atoms with Crippen molar-refractivity contribution in [3.8, 4) is 0 Å². The van der Waals surface area contributed by atoms with Crippen molar-refractivity contribution >= 4 is 11.1 Å². The molecule has 0 radical (unpaired) electrons. The molecule has 0 aromatic heterocycles. The molecule has 0 amide bonds. The van der Waals surface area contributed by atoms with E-state index in [1.54, 1.807) is 12.2 Å². The minimum atomic E-state index is 0. The standard InChI is InChI=1S/2C14H17.Pt/c2*1-3-5-10-13(9-4-2)14-11-7-6-8-12-14;/h2*2,4,6-9,11-12H,3,5,10H2,1H3;/q2*-1;+2. The van der Waals surface area contributed by atoms with Crippen LogP contribution < -0.4 is 0 Å². The van der Waals surface area contributed by atoms with Gasteiger partial charge in [-0.2, -0.15) is 0 Å². The van der Waals surface area contributed by atoms with E-state index in [2.05, 4.69) is 62.4 Å². The average Bonchev–Trinajstić information content (AvgIpc) is 2.76. The van der Waals surface area contributed by atoms with Crippen molar-refractivity contribution in [3.05, 3.63) is 109 Å². The fourth-order valence-corrected chi connectivity index (χ4v) is 2.92. The zero-order valence-electron chi connectivity index (χ0n) is 17.8. The van der Waals surface area contributed by atoms with Gasteiger partial charge in [0.1, 0.15) is 0 Å². The molecule has 0 N–H and O–H groups in total. The summed E-state index contributed by atoms with van der Waals surface area (Å²) >= 11 is 0. The van der Waals surface area contributed by atoms with Crippen molar-refractivity contribution in [2.45, 2.75) is 52.4 Å². The topological polar surface area (TPSA) is 0 Å². The Bertz CT molecular complexity index is 658. The van der Waals surface area contributed by atoms with Crippen LogP contribution in [-0.4, -0.2) is 0 Å². The Morgan fingerprint density at radius 2 is 1.00 bits per heavy atom. The Morgan fingerprint density at radius 1 is 0.655 bits per heavy atom. The van der Waals surface area contributed by atoms with E-state index in [1.807, 2.05) is 24.3 Å². The van der Waals surface area contributed by atoms with Crippen LogP contribution in [-0.2, 0) is 21.1 Å². The second-order valence-electron chi connectivity index (χ2n) is 6.71. The molecular weight excluding hydrogens is 531 g/mol. The Morgan fingerprint density at radius 3 is 1.28 bits per heavy atom. The fourth-order valence-electron chi connectivity index (χ4n) is 2.92. The normalized spacial score (nSPS) is 11.0. The van der Waals surface area contributed by atoms with Crippen LogP contribution in [0, 0.1) is 13.2 Å². The zero-order chi connectivity index (χ0) is 20.5. The molecule has 0 fully saturated rings. The van der Waals surface area contributed by atoms with E-state index in [0.717, 1.165) is 12.8 Å². The predicted octanol–water partition coefficient (Wildman–Crippen LogP) is 8.50. The summed E-state index contributed by atoms with van der Waals surface area (Å²) in [5, 5.41) is 0. The molecule has 0 saturated heterocycles. The van der Waals surface area contributed by atoms with Gasteiger partial charge in [-0.05, 0) is 24.0 Å². The number of allylic oxidation sites excluding steroid dienone is 6. The van der Waals surface area contributed by atoms with Crippen LogP contribution >= 0.6 is 0 Å². The summed E-state index contributed by atoms with van der Waals surface area (Å²) in [7, 11) is 0. The Hall–Kier alpha value is -1.91. The monoisotopic (exact) mass is 565 g/mol. The van der Waals surface area contributed by atoms with Crippen LogP contribution in [0.25, 0.3) is 11.1 Å². The van der Waals surface area contributed by atoms with Crippen molar-refractivity contribution in [3.63, 3.8) is 0 Å². The molecule has 0 saturated carbocycles. The number of benzene rings is 2. The molecule has 2 aromatic carbocycles. The largest absolute Gasteiger partial charge is 2.00 e. The van der Waals surface area contributed by atoms with Gasteiger partial charge in [-0.3, -0.25) is 13.2 Å². The average molecular weight is 566 g/mol. The Kier molecular flexibility index (Phi) is 16.9. The first-order valence-electron chi connectivity index (χ1n) is 10.4. The maximum atomic E-state index is 5.44. The molecule has 2 aromatic rings. The van der Waals surface area contributed by atoms with Gasteiger partial charge < -0.3 is 0 Å². The summed E-state index contributed by atoms with van der Waals surface area (Å²) in [5.41, 5.74) is 5.22. The number of hydrogen-bond acceptors (Lipinski definition) is 0. The van der Waals surface area contributed by atoms with E-state index in [4.69, 9.17) is 13.2 Å². The van der Waals surface area contributed by atoms with Gasteiger partial charge >= 0.3 is 21.1 Å². The first kappa shape index (κ1) is 27.1. The quantitative estimate of drug-likeness (QED) is 0.200. The van der Waals surface area contributed by atoms with Crippen molar-refractivity contribution in [1.82, 2.24) is 0 Å². The number of unbranched alkanes of at least 4 members (excludes halogenated alkanes) is 2. The van der Waals surface area contributed by atoms with E-state index >= 15 is 0 Å². The number of rotatable bonds is 10. The van der Waals surface area contributed by atoms with E-state index in [0.29, 0.717) is 0 Å². The molecule has 0 bridgehead atoms. The van der Waals surface area contributed by atoms with Crippen molar-refractivity contribution in [2.24, 2.45) is 0 Å². The first-order valence-corrected chi connectivity index (χ1v) is 10.4. The van der Waals surface area contributed by atoms with E-state index in [9.17, 15) is 0 Å². The summed E-state index contributed by atoms with van der Waals surface area (Å²) in [4.78, 5) is 0. The second kappa shape index (κ2) is 18.1. The molecular formula is C28H34Pt. The molecule has 1 heteroatoms. The first-order chi connectivity index (χ1) is 13.8. The SMILES string of the molecule is [CH-]=CC=C(CCCC)c1ccccc1.[CH-]=CC=C(CCCC)c1ccccc1.[Pt+2]. The van der Waals surface area contributed by atoms with Crippen LogP contribution in [0.1, 0.15) is 63.5 Å². The molecule has 0 unspecified atom stereocenters. The Balaban J connectivity index is 0.000000523. The molecule has 2 rings (SSSR count). The molecule has 0 heterocycles. The minimum absolute atomic E-state index is 0. The minimum Gasteiger partial charge on any atom is -0.293 e. The Labute approximate surface area is 193 Å². The fraction of sp³-hybridized carbons (Fsp3) is 0.286. The van der Waals surface area contributed by atoms with Gasteiger partial charge in [-0.25, -0.2) is 24.3 Å². The molecule has 0 aliphatic heterocycles. The van der Waals surface area contributed by atoms with E-state index in [-0.39, 0.29) is 21.1 Å².